The van der Waals surface area contributed by atoms with Crippen molar-refractivity contribution in [3.8, 4) is 22.3 Å². The lowest BCUT2D eigenvalue weighted by molar-refractivity contribution is 0.350. The van der Waals surface area contributed by atoms with E-state index in [0.717, 1.165) is 49.8 Å². The molecule has 3 aromatic rings. The summed E-state index contributed by atoms with van der Waals surface area (Å²) in [6.45, 7) is 4.94. The van der Waals surface area contributed by atoms with Crippen LogP contribution in [0.1, 0.15) is 64.4 Å². The second-order valence-electron chi connectivity index (χ2n) is 9.83. The Morgan fingerprint density at radius 3 is 2.23 bits per heavy atom. The summed E-state index contributed by atoms with van der Waals surface area (Å²) >= 11 is 0. The van der Waals surface area contributed by atoms with Gasteiger partial charge in [0, 0.05) is 30.1 Å². The van der Waals surface area contributed by atoms with Crippen molar-refractivity contribution in [2.75, 3.05) is 5.75 Å². The number of aromatic nitrogens is 1. The molecule has 35 heavy (non-hydrogen) atoms. The second-order valence-corrected chi connectivity index (χ2v) is 11.9. The summed E-state index contributed by atoms with van der Waals surface area (Å²) in [6, 6.07) is 15.1. The first-order valence-electron chi connectivity index (χ1n) is 13.1. The van der Waals surface area contributed by atoms with Crippen LogP contribution in [0.2, 0.25) is 0 Å². The third kappa shape index (κ3) is 6.13. The molecule has 1 aromatic heterocycles. The molecule has 1 aliphatic carbocycles. The Morgan fingerprint density at radius 2 is 1.57 bits per heavy atom. The van der Waals surface area contributed by atoms with Crippen molar-refractivity contribution in [3.05, 3.63) is 76.7 Å². The number of hydrogen-bond acceptors (Lipinski definition) is 3. The van der Waals surface area contributed by atoms with Crippen LogP contribution in [0.3, 0.4) is 0 Å². The molecule has 0 bridgehead atoms. The predicted molar refractivity (Wildman–Crippen MR) is 144 cm³/mol. The standard InChI is InChI=1S/C30H37NO3S/c1-3-9-24-12-8-13-26(20-24)29-22-31(4-2)21-28(30(29)32)25-14-16-27(17-15-25)35(33,34)19-18-23-10-6-5-7-11-23/h8,12-17,20-23H,3-7,9-11,18-19H2,1-2H3. The highest BCUT2D eigenvalue weighted by atomic mass is 32.2. The van der Waals surface area contributed by atoms with E-state index in [0.29, 0.717) is 21.9 Å². The monoisotopic (exact) mass is 491 g/mol. The smallest absolute Gasteiger partial charge is 0.197 e. The molecule has 0 radical (unpaired) electrons. The molecule has 1 heterocycles. The Kier molecular flexibility index (Phi) is 8.27. The Hall–Kier alpha value is -2.66. The van der Waals surface area contributed by atoms with Crippen LogP contribution >= 0.6 is 0 Å². The maximum absolute atomic E-state index is 13.5. The Labute approximate surface area is 210 Å². The van der Waals surface area contributed by atoms with Crippen LogP contribution in [-0.2, 0) is 22.8 Å². The van der Waals surface area contributed by atoms with Gasteiger partial charge in [0.1, 0.15) is 0 Å². The maximum Gasteiger partial charge on any atom is 0.197 e. The molecule has 0 spiro atoms. The van der Waals surface area contributed by atoms with E-state index in [1.807, 2.05) is 36.0 Å². The van der Waals surface area contributed by atoms with Gasteiger partial charge in [-0.05, 0) is 54.5 Å². The van der Waals surface area contributed by atoms with Crippen molar-refractivity contribution in [1.29, 1.82) is 0 Å². The molecule has 0 aliphatic heterocycles. The highest BCUT2D eigenvalue weighted by molar-refractivity contribution is 7.91. The average molecular weight is 492 g/mol. The first-order chi connectivity index (χ1) is 16.9. The molecule has 186 valence electrons. The van der Waals surface area contributed by atoms with Gasteiger partial charge in [-0.15, -0.1) is 0 Å². The number of hydrogen-bond donors (Lipinski definition) is 0. The molecule has 1 aliphatic rings. The summed E-state index contributed by atoms with van der Waals surface area (Å²) in [4.78, 5) is 13.9. The molecule has 0 unspecified atom stereocenters. The maximum atomic E-state index is 13.5. The molecular weight excluding hydrogens is 454 g/mol. The predicted octanol–water partition coefficient (Wildman–Crippen LogP) is 6.90. The molecule has 4 rings (SSSR count). The highest BCUT2D eigenvalue weighted by Crippen LogP contribution is 2.28. The van der Waals surface area contributed by atoms with Gasteiger partial charge in [0.2, 0.25) is 0 Å². The summed E-state index contributed by atoms with van der Waals surface area (Å²) in [7, 11) is -3.33. The highest BCUT2D eigenvalue weighted by Gasteiger charge is 2.20. The molecule has 0 amide bonds. The summed E-state index contributed by atoms with van der Waals surface area (Å²) < 4.78 is 27.9. The molecule has 2 aromatic carbocycles. The molecule has 4 nitrogen and oxygen atoms in total. The third-order valence-electron chi connectivity index (χ3n) is 7.26. The fourth-order valence-electron chi connectivity index (χ4n) is 5.17. The van der Waals surface area contributed by atoms with E-state index in [-0.39, 0.29) is 11.2 Å². The van der Waals surface area contributed by atoms with Gasteiger partial charge in [0.25, 0.3) is 0 Å². The van der Waals surface area contributed by atoms with Gasteiger partial charge in [-0.2, -0.15) is 0 Å². The van der Waals surface area contributed by atoms with Crippen molar-refractivity contribution < 1.29 is 8.42 Å². The van der Waals surface area contributed by atoms with E-state index in [1.165, 1.54) is 24.8 Å². The minimum Gasteiger partial charge on any atom is -0.353 e. The third-order valence-corrected chi connectivity index (χ3v) is 9.03. The van der Waals surface area contributed by atoms with E-state index in [9.17, 15) is 13.2 Å². The minimum absolute atomic E-state index is 0.0312. The van der Waals surface area contributed by atoms with E-state index in [4.69, 9.17) is 0 Å². The molecule has 0 atom stereocenters. The Bertz CT molecular complexity index is 1300. The van der Waals surface area contributed by atoms with Gasteiger partial charge in [-0.3, -0.25) is 4.79 Å². The lowest BCUT2D eigenvalue weighted by Crippen LogP contribution is -2.14. The first kappa shape index (κ1) is 25.4. The second kappa shape index (κ2) is 11.4. The zero-order chi connectivity index (χ0) is 24.8. The zero-order valence-electron chi connectivity index (χ0n) is 21.0. The molecular formula is C30H37NO3S. The van der Waals surface area contributed by atoms with Crippen LogP contribution in [0.25, 0.3) is 22.3 Å². The number of pyridine rings is 1. The van der Waals surface area contributed by atoms with Gasteiger partial charge >= 0.3 is 0 Å². The fraction of sp³-hybridized carbons (Fsp3) is 0.433. The molecule has 1 saturated carbocycles. The van der Waals surface area contributed by atoms with Crippen molar-refractivity contribution in [1.82, 2.24) is 4.57 Å². The van der Waals surface area contributed by atoms with Crippen LogP contribution in [0, 0.1) is 5.92 Å². The van der Waals surface area contributed by atoms with Crippen LogP contribution in [-0.4, -0.2) is 18.7 Å². The molecule has 0 saturated heterocycles. The largest absolute Gasteiger partial charge is 0.353 e. The Morgan fingerprint density at radius 1 is 0.886 bits per heavy atom. The van der Waals surface area contributed by atoms with Gasteiger partial charge in [-0.1, -0.05) is 81.8 Å². The number of benzene rings is 2. The van der Waals surface area contributed by atoms with Crippen LogP contribution in [0.4, 0.5) is 0 Å². The van der Waals surface area contributed by atoms with E-state index >= 15 is 0 Å². The van der Waals surface area contributed by atoms with E-state index < -0.39 is 9.84 Å². The summed E-state index contributed by atoms with van der Waals surface area (Å²) in [5.41, 5.74) is 4.13. The lowest BCUT2D eigenvalue weighted by atomic mass is 9.88. The van der Waals surface area contributed by atoms with Crippen molar-refractivity contribution >= 4 is 9.84 Å². The van der Waals surface area contributed by atoms with Gasteiger partial charge in [-0.25, -0.2) is 8.42 Å². The average Bonchev–Trinajstić information content (AvgIpc) is 2.89. The SMILES string of the molecule is CCCc1cccc(-c2cn(CC)cc(-c3ccc(S(=O)(=O)CCC4CCCCC4)cc3)c2=O)c1. The topological polar surface area (TPSA) is 56.1 Å². The van der Waals surface area contributed by atoms with Gasteiger partial charge in [0.15, 0.2) is 15.3 Å². The van der Waals surface area contributed by atoms with E-state index in [2.05, 4.69) is 19.1 Å². The Balaban J connectivity index is 1.62. The summed E-state index contributed by atoms with van der Waals surface area (Å²) in [5.74, 6) is 0.729. The van der Waals surface area contributed by atoms with Crippen LogP contribution in [0.5, 0.6) is 0 Å². The lowest BCUT2D eigenvalue weighted by Gasteiger charge is -2.21. The quantitative estimate of drug-likeness (QED) is 0.327. The van der Waals surface area contributed by atoms with Crippen LogP contribution < -0.4 is 5.43 Å². The molecule has 0 N–H and O–H groups in total. The number of rotatable bonds is 9. The number of sulfone groups is 1. The summed E-state index contributed by atoms with van der Waals surface area (Å²) in [5, 5.41) is 0. The fourth-order valence-corrected chi connectivity index (χ4v) is 6.60. The van der Waals surface area contributed by atoms with Gasteiger partial charge in [0.05, 0.1) is 10.6 Å². The molecule has 5 heteroatoms. The summed E-state index contributed by atoms with van der Waals surface area (Å²) in [6.07, 6.45) is 12.6. The first-order valence-corrected chi connectivity index (χ1v) is 14.7. The van der Waals surface area contributed by atoms with Gasteiger partial charge < -0.3 is 4.57 Å². The van der Waals surface area contributed by atoms with Crippen molar-refractivity contribution in [2.24, 2.45) is 5.92 Å². The zero-order valence-corrected chi connectivity index (χ0v) is 21.8. The number of aryl methyl sites for hydroxylation is 2. The number of nitrogens with zero attached hydrogens (tertiary/aromatic N) is 1. The van der Waals surface area contributed by atoms with Crippen molar-refractivity contribution in [3.63, 3.8) is 0 Å². The molecule has 1 fully saturated rings. The van der Waals surface area contributed by atoms with Crippen LogP contribution in [0.15, 0.2) is 70.6 Å². The van der Waals surface area contributed by atoms with Crippen molar-refractivity contribution in [2.45, 2.75) is 76.7 Å². The minimum atomic E-state index is -3.33. The van der Waals surface area contributed by atoms with E-state index in [1.54, 1.807) is 24.3 Å². The normalized spacial score (nSPS) is 14.8.